The first kappa shape index (κ1) is 48.6. The molecule has 4 amide bonds. The van der Waals surface area contributed by atoms with Gasteiger partial charge in [-0.25, -0.2) is 4.79 Å². The molecule has 10 nitrogen and oxygen atoms in total. The number of esters is 1. The van der Waals surface area contributed by atoms with Crippen molar-refractivity contribution in [1.29, 1.82) is 0 Å². The molecule has 0 radical (unpaired) electrons. The van der Waals surface area contributed by atoms with Gasteiger partial charge in [0.25, 0.3) is 0 Å². The first-order valence-corrected chi connectivity index (χ1v) is 22.4. The largest absolute Gasteiger partial charge is 0.463 e. The molecule has 0 aliphatic carbocycles. The van der Waals surface area contributed by atoms with Crippen LogP contribution in [0.2, 0.25) is 0 Å². The number of carbonyl (C=O) groups excluding carboxylic acids is 5. The van der Waals surface area contributed by atoms with E-state index in [-0.39, 0.29) is 48.6 Å². The Kier molecular flexibility index (Phi) is 22.3. The van der Waals surface area contributed by atoms with Crippen molar-refractivity contribution in [3.05, 3.63) is 156 Å². The van der Waals surface area contributed by atoms with Gasteiger partial charge in [-0.15, -0.1) is 0 Å². The third kappa shape index (κ3) is 19.1. The fourth-order valence-corrected chi connectivity index (χ4v) is 7.35. The van der Waals surface area contributed by atoms with Crippen LogP contribution in [0.15, 0.2) is 133 Å². The highest BCUT2D eigenvalue weighted by Crippen LogP contribution is 2.26. The molecule has 0 unspecified atom stereocenters. The van der Waals surface area contributed by atoms with Gasteiger partial charge >= 0.3 is 5.97 Å². The summed E-state index contributed by atoms with van der Waals surface area (Å²) in [6.45, 7) is 4.90. The van der Waals surface area contributed by atoms with Crippen LogP contribution in [0, 0.1) is 5.92 Å². The summed E-state index contributed by atoms with van der Waals surface area (Å²) in [5.41, 5.74) is 4.30. The van der Waals surface area contributed by atoms with Crippen LogP contribution in [-0.2, 0) is 28.7 Å². The van der Waals surface area contributed by atoms with Gasteiger partial charge in [-0.05, 0) is 47.4 Å². The van der Waals surface area contributed by atoms with E-state index < -0.39 is 17.9 Å². The highest BCUT2D eigenvalue weighted by Gasteiger charge is 2.26. The first-order valence-electron chi connectivity index (χ1n) is 22.4. The summed E-state index contributed by atoms with van der Waals surface area (Å²) in [4.78, 5) is 63.3. The van der Waals surface area contributed by atoms with Crippen LogP contribution in [0.4, 0.5) is 0 Å². The fraction of sp³-hybridized carbons (Fsp3) is 0.404. The Morgan fingerprint density at radius 3 is 1.44 bits per heavy atom. The van der Waals surface area contributed by atoms with E-state index >= 15 is 0 Å². The number of nitrogens with one attached hydrogen (secondary N) is 4. The molecule has 0 bridgehead atoms. The molecule has 4 N–H and O–H groups in total. The van der Waals surface area contributed by atoms with E-state index in [1.165, 1.54) is 12.2 Å². The predicted octanol–water partition coefficient (Wildman–Crippen LogP) is 8.53. The summed E-state index contributed by atoms with van der Waals surface area (Å²) in [5, 5.41) is 11.3. The lowest BCUT2D eigenvalue weighted by molar-refractivity contribution is -0.148. The summed E-state index contributed by atoms with van der Waals surface area (Å²) in [6, 6.07) is 39.1. The van der Waals surface area contributed by atoms with Gasteiger partial charge in [-0.2, -0.15) is 0 Å². The quantitative estimate of drug-likeness (QED) is 0.0257. The minimum absolute atomic E-state index is 0.0119. The third-order valence-corrected chi connectivity index (χ3v) is 10.7. The second-order valence-electron chi connectivity index (χ2n) is 16.2. The predicted molar refractivity (Wildman–Crippen MR) is 246 cm³/mol. The van der Waals surface area contributed by atoms with Gasteiger partial charge in [0.15, 0.2) is 0 Å². The molecule has 0 fully saturated rings. The second kappa shape index (κ2) is 28.5. The van der Waals surface area contributed by atoms with Crippen LogP contribution in [0.25, 0.3) is 0 Å². The molecule has 62 heavy (non-hydrogen) atoms. The van der Waals surface area contributed by atoms with E-state index in [9.17, 15) is 24.0 Å². The van der Waals surface area contributed by atoms with Crippen LogP contribution in [0.1, 0.15) is 119 Å². The maximum absolute atomic E-state index is 13.2. The molecule has 330 valence electrons. The van der Waals surface area contributed by atoms with Crippen LogP contribution < -0.4 is 21.3 Å². The van der Waals surface area contributed by atoms with E-state index in [0.717, 1.165) is 80.0 Å². The van der Waals surface area contributed by atoms with Crippen molar-refractivity contribution < 1.29 is 28.7 Å². The molecule has 0 heterocycles. The number of hydrogen-bond donors (Lipinski definition) is 4. The zero-order chi connectivity index (χ0) is 44.2. The Morgan fingerprint density at radius 1 is 0.516 bits per heavy atom. The van der Waals surface area contributed by atoms with E-state index in [2.05, 4.69) is 45.5 Å². The van der Waals surface area contributed by atoms with E-state index in [4.69, 9.17) is 4.74 Å². The Bertz CT molecular complexity index is 1860. The average Bonchev–Trinajstić information content (AvgIpc) is 3.29. The molecule has 0 aliphatic heterocycles. The highest BCUT2D eigenvalue weighted by atomic mass is 16.5. The fourth-order valence-electron chi connectivity index (χ4n) is 7.35. The zero-order valence-electron chi connectivity index (χ0n) is 36.6. The summed E-state index contributed by atoms with van der Waals surface area (Å²) >= 11 is 0. The molecule has 4 aromatic carbocycles. The SMILES string of the molecule is CC(C)C[C@H](NC(=O)CNC(=O)CCCCCCCCCCCNC(=O)/C=C\C(=O)NCC(c1ccccc1)c1ccccc1)C(=O)OCC(c1ccccc1)c1ccccc1. The van der Waals surface area contributed by atoms with Gasteiger partial charge < -0.3 is 26.0 Å². The lowest BCUT2D eigenvalue weighted by Gasteiger charge is -2.22. The van der Waals surface area contributed by atoms with Crippen LogP contribution in [0.5, 0.6) is 0 Å². The second-order valence-corrected chi connectivity index (χ2v) is 16.2. The number of amides is 4. The van der Waals surface area contributed by atoms with Gasteiger partial charge in [0, 0.05) is 43.5 Å². The summed E-state index contributed by atoms with van der Waals surface area (Å²) < 4.78 is 5.81. The van der Waals surface area contributed by atoms with Gasteiger partial charge in [0.1, 0.15) is 12.6 Å². The summed E-state index contributed by atoms with van der Waals surface area (Å²) in [5.74, 6) is -1.66. The Balaban J connectivity index is 0.998. The summed E-state index contributed by atoms with van der Waals surface area (Å²) in [7, 11) is 0. The minimum atomic E-state index is -0.813. The van der Waals surface area contributed by atoms with Crippen LogP contribution in [0.3, 0.4) is 0 Å². The molecular formula is C52H66N4O6. The molecule has 10 heteroatoms. The topological polar surface area (TPSA) is 143 Å². The van der Waals surface area contributed by atoms with E-state index in [0.29, 0.717) is 25.9 Å². The highest BCUT2D eigenvalue weighted by molar-refractivity contribution is 5.96. The van der Waals surface area contributed by atoms with Crippen molar-refractivity contribution in [2.45, 2.75) is 102 Å². The standard InChI is InChI=1S/C52H66N4O6/c1-40(2)36-47(52(61)62-39-46(43-28-18-12-19-29-43)44-30-20-13-21-31-44)56-51(60)38-55-48(57)32-22-8-6-4-3-5-7-9-23-35-53-49(58)33-34-50(59)54-37-45(41-24-14-10-15-25-41)42-26-16-11-17-27-42/h10-21,24-31,33-34,40,45-47H,3-9,22-23,32,35-39H2,1-2H3,(H,53,58)(H,54,59)(H,55,57)(H,56,60)/b34-33-/t47-/m0/s1. The normalized spacial score (nSPS) is 11.7. The monoisotopic (exact) mass is 842 g/mol. The molecular weight excluding hydrogens is 777 g/mol. The number of rotatable bonds is 28. The smallest absolute Gasteiger partial charge is 0.328 e. The van der Waals surface area contributed by atoms with Crippen molar-refractivity contribution in [1.82, 2.24) is 21.3 Å². The molecule has 0 aliphatic rings. The molecule has 4 rings (SSSR count). The zero-order valence-corrected chi connectivity index (χ0v) is 36.6. The maximum atomic E-state index is 13.2. The Hall–Kier alpha value is -6.03. The molecule has 0 saturated heterocycles. The van der Waals surface area contributed by atoms with Crippen LogP contribution >= 0.6 is 0 Å². The Morgan fingerprint density at radius 2 is 0.952 bits per heavy atom. The number of carbonyl (C=O) groups is 5. The number of hydrogen-bond acceptors (Lipinski definition) is 6. The molecule has 0 saturated carbocycles. The molecule has 1 atom stereocenters. The van der Waals surface area contributed by atoms with Crippen molar-refractivity contribution in [3.8, 4) is 0 Å². The molecule has 0 spiro atoms. The van der Waals surface area contributed by atoms with E-state index in [1.807, 2.05) is 111 Å². The number of ether oxygens (including phenoxy) is 1. The average molecular weight is 843 g/mol. The Labute approximate surface area is 368 Å². The number of unbranched alkanes of at least 4 members (excludes halogenated alkanes) is 8. The van der Waals surface area contributed by atoms with Gasteiger partial charge in [0.05, 0.1) is 6.54 Å². The lowest BCUT2D eigenvalue weighted by atomic mass is 9.91. The van der Waals surface area contributed by atoms with Crippen molar-refractivity contribution in [3.63, 3.8) is 0 Å². The minimum Gasteiger partial charge on any atom is -0.463 e. The van der Waals surface area contributed by atoms with Crippen LogP contribution in [-0.4, -0.2) is 61.9 Å². The van der Waals surface area contributed by atoms with Crippen molar-refractivity contribution in [2.24, 2.45) is 5.92 Å². The number of benzene rings is 4. The molecule has 4 aromatic rings. The third-order valence-electron chi connectivity index (χ3n) is 10.7. The van der Waals surface area contributed by atoms with E-state index in [1.54, 1.807) is 0 Å². The van der Waals surface area contributed by atoms with Crippen molar-refractivity contribution in [2.75, 3.05) is 26.2 Å². The molecule has 0 aromatic heterocycles. The van der Waals surface area contributed by atoms with Gasteiger partial charge in [-0.1, -0.05) is 180 Å². The maximum Gasteiger partial charge on any atom is 0.328 e. The van der Waals surface area contributed by atoms with Crippen molar-refractivity contribution >= 4 is 29.6 Å². The lowest BCUT2D eigenvalue weighted by Crippen LogP contribution is -2.47. The first-order chi connectivity index (χ1) is 30.2. The van der Waals surface area contributed by atoms with Gasteiger partial charge in [0.2, 0.25) is 23.6 Å². The van der Waals surface area contributed by atoms with Gasteiger partial charge in [-0.3, -0.25) is 19.2 Å². The summed E-state index contributed by atoms with van der Waals surface area (Å²) in [6.07, 6.45) is 12.4.